The van der Waals surface area contributed by atoms with Crippen molar-refractivity contribution in [2.24, 2.45) is 0 Å². The average Bonchev–Trinajstić information content (AvgIpc) is 2.53. The summed E-state index contributed by atoms with van der Waals surface area (Å²) in [6, 6.07) is 2.55. The van der Waals surface area contributed by atoms with Crippen molar-refractivity contribution in [3.63, 3.8) is 0 Å². The Morgan fingerprint density at radius 3 is 3.00 bits per heavy atom. The molecule has 0 amide bonds. The fourth-order valence-electron chi connectivity index (χ4n) is 2.89. The van der Waals surface area contributed by atoms with E-state index in [0.717, 1.165) is 31.9 Å². The molecule has 122 valence electrons. The summed E-state index contributed by atoms with van der Waals surface area (Å²) >= 11 is 5.69. The Hall–Kier alpha value is -1.79. The average molecular weight is 338 g/mol. The third-order valence-electron chi connectivity index (χ3n) is 4.10. The molecule has 1 aliphatic rings. The zero-order valence-corrected chi connectivity index (χ0v) is 13.3. The second-order valence-corrected chi connectivity index (χ2v) is 6.26. The second-order valence-electron chi connectivity index (χ2n) is 5.85. The Morgan fingerprint density at radius 2 is 2.26 bits per heavy atom. The first-order valence-electron chi connectivity index (χ1n) is 7.64. The van der Waals surface area contributed by atoms with Gasteiger partial charge in [-0.2, -0.15) is 0 Å². The van der Waals surface area contributed by atoms with Crippen LogP contribution in [0.3, 0.4) is 0 Å². The Bertz CT molecular complexity index is 800. The number of hydrogen-bond donors (Lipinski definition) is 1. The number of Topliss-reactive ketones (excluding diaryl/α,β-unsaturated/α-hetero) is 1. The summed E-state index contributed by atoms with van der Waals surface area (Å²) in [6.07, 6.45) is 4.92. The molecule has 7 heteroatoms. The van der Waals surface area contributed by atoms with Gasteiger partial charge in [0.2, 0.25) is 0 Å². The van der Waals surface area contributed by atoms with Crippen molar-refractivity contribution in [3.05, 3.63) is 39.7 Å². The zero-order chi connectivity index (χ0) is 16.4. The lowest BCUT2D eigenvalue weighted by molar-refractivity contribution is -0.120. The fourth-order valence-corrected chi connectivity index (χ4v) is 3.05. The molecule has 1 atom stereocenters. The van der Waals surface area contributed by atoms with E-state index in [9.17, 15) is 14.0 Å². The highest BCUT2D eigenvalue weighted by Gasteiger charge is 2.17. The number of benzene rings is 1. The van der Waals surface area contributed by atoms with Crippen LogP contribution >= 0.6 is 11.6 Å². The molecule has 0 saturated carbocycles. The Labute approximate surface area is 137 Å². The number of carbonyl (C=O) groups is 1. The summed E-state index contributed by atoms with van der Waals surface area (Å²) in [5.41, 5.74) is -0.116. The van der Waals surface area contributed by atoms with E-state index < -0.39 is 11.4 Å². The van der Waals surface area contributed by atoms with Gasteiger partial charge in [-0.05, 0) is 31.5 Å². The molecule has 1 fully saturated rings. The smallest absolute Gasteiger partial charge is 0.261 e. The molecule has 1 N–H and O–H groups in total. The van der Waals surface area contributed by atoms with Gasteiger partial charge in [-0.3, -0.25) is 14.2 Å². The van der Waals surface area contributed by atoms with Gasteiger partial charge in [0.25, 0.3) is 5.56 Å². The topological polar surface area (TPSA) is 64.0 Å². The van der Waals surface area contributed by atoms with Crippen molar-refractivity contribution in [3.8, 4) is 0 Å². The maximum absolute atomic E-state index is 13.5. The van der Waals surface area contributed by atoms with E-state index in [2.05, 4.69) is 10.3 Å². The highest BCUT2D eigenvalue weighted by atomic mass is 35.5. The molecule has 2 aromatic rings. The number of hydrogen-bond acceptors (Lipinski definition) is 4. The van der Waals surface area contributed by atoms with Crippen LogP contribution in [0.2, 0.25) is 5.02 Å². The first-order valence-corrected chi connectivity index (χ1v) is 8.01. The van der Waals surface area contributed by atoms with Gasteiger partial charge in [0, 0.05) is 12.5 Å². The van der Waals surface area contributed by atoms with Crippen molar-refractivity contribution in [2.75, 3.05) is 6.54 Å². The first-order chi connectivity index (χ1) is 11.0. The number of nitrogens with one attached hydrogen (secondary N) is 1. The number of piperidine rings is 1. The van der Waals surface area contributed by atoms with Crippen LogP contribution in [0.1, 0.15) is 25.7 Å². The summed E-state index contributed by atoms with van der Waals surface area (Å²) < 4.78 is 14.8. The number of rotatable bonds is 4. The molecule has 5 nitrogen and oxygen atoms in total. The Kier molecular flexibility index (Phi) is 4.73. The van der Waals surface area contributed by atoms with Gasteiger partial charge in [0.1, 0.15) is 5.82 Å². The summed E-state index contributed by atoms with van der Waals surface area (Å²) in [6.45, 7) is 0.875. The molecule has 0 aliphatic carbocycles. The lowest BCUT2D eigenvalue weighted by atomic mass is 10.00. The van der Waals surface area contributed by atoms with Crippen LogP contribution in [-0.2, 0) is 11.3 Å². The number of carbonyl (C=O) groups excluding carboxylic acids is 1. The van der Waals surface area contributed by atoms with Gasteiger partial charge in [0.15, 0.2) is 5.78 Å². The molecule has 0 bridgehead atoms. The molecule has 0 unspecified atom stereocenters. The number of fused-ring (bicyclic) bond motifs is 1. The lowest BCUT2D eigenvalue weighted by Crippen LogP contribution is -2.37. The molecular weight excluding hydrogens is 321 g/mol. The highest BCUT2D eigenvalue weighted by Crippen LogP contribution is 2.19. The van der Waals surface area contributed by atoms with Gasteiger partial charge in [0.05, 0.1) is 28.8 Å². The van der Waals surface area contributed by atoms with E-state index in [1.54, 1.807) is 0 Å². The normalized spacial score (nSPS) is 18.3. The number of aromatic nitrogens is 2. The number of halogens is 2. The fraction of sp³-hybridized carbons (Fsp3) is 0.438. The summed E-state index contributed by atoms with van der Waals surface area (Å²) in [5.74, 6) is -0.712. The van der Waals surface area contributed by atoms with Gasteiger partial charge in [-0.15, -0.1) is 0 Å². The van der Waals surface area contributed by atoms with Gasteiger partial charge in [-0.1, -0.05) is 18.0 Å². The maximum Gasteiger partial charge on any atom is 0.261 e. The minimum absolute atomic E-state index is 0.0397. The van der Waals surface area contributed by atoms with Crippen molar-refractivity contribution >= 4 is 28.3 Å². The quantitative estimate of drug-likeness (QED) is 0.929. The van der Waals surface area contributed by atoms with E-state index in [1.165, 1.54) is 17.0 Å². The largest absolute Gasteiger partial charge is 0.314 e. The molecule has 23 heavy (non-hydrogen) atoms. The molecule has 3 rings (SSSR count). The molecule has 2 heterocycles. The Morgan fingerprint density at radius 1 is 1.43 bits per heavy atom. The number of ketones is 1. The standard InChI is InChI=1S/C16H17ClFN3O2/c17-13-7-15-12(6-14(13)18)16(23)21(9-20-15)8-11(22)5-10-3-1-2-4-19-10/h6-7,9-10,19H,1-5,8H2/t10-/m0/s1. The van der Waals surface area contributed by atoms with Crippen LogP contribution in [0.5, 0.6) is 0 Å². The van der Waals surface area contributed by atoms with Crippen LogP contribution in [0, 0.1) is 5.82 Å². The van der Waals surface area contributed by atoms with Gasteiger partial charge in [-0.25, -0.2) is 9.37 Å². The molecule has 1 aliphatic heterocycles. The molecule has 1 aromatic carbocycles. The van der Waals surface area contributed by atoms with Crippen molar-refractivity contribution in [1.29, 1.82) is 0 Å². The predicted octanol–water partition coefficient (Wildman–Crippen LogP) is 2.29. The van der Waals surface area contributed by atoms with E-state index in [0.29, 0.717) is 11.9 Å². The third-order valence-corrected chi connectivity index (χ3v) is 4.39. The van der Waals surface area contributed by atoms with Crippen molar-refractivity contribution in [1.82, 2.24) is 14.9 Å². The third kappa shape index (κ3) is 3.59. The SMILES string of the molecule is O=C(C[C@@H]1CCCCN1)Cn1cnc2cc(Cl)c(F)cc2c1=O. The number of nitrogens with zero attached hydrogens (tertiary/aromatic N) is 2. The summed E-state index contributed by atoms with van der Waals surface area (Å²) in [7, 11) is 0. The highest BCUT2D eigenvalue weighted by molar-refractivity contribution is 6.31. The maximum atomic E-state index is 13.5. The molecule has 0 spiro atoms. The van der Waals surface area contributed by atoms with Gasteiger partial charge < -0.3 is 5.32 Å². The second kappa shape index (κ2) is 6.76. The Balaban J connectivity index is 1.80. The molecule has 0 radical (unpaired) electrons. The van der Waals surface area contributed by atoms with Crippen LogP contribution in [-0.4, -0.2) is 27.9 Å². The minimum atomic E-state index is -0.673. The summed E-state index contributed by atoms with van der Waals surface area (Å²) in [4.78, 5) is 28.6. The molecular formula is C16H17ClFN3O2. The zero-order valence-electron chi connectivity index (χ0n) is 12.5. The van der Waals surface area contributed by atoms with E-state index >= 15 is 0 Å². The van der Waals surface area contributed by atoms with E-state index in [4.69, 9.17) is 11.6 Å². The molecule has 1 aromatic heterocycles. The molecule has 1 saturated heterocycles. The van der Waals surface area contributed by atoms with Crippen LogP contribution < -0.4 is 10.9 Å². The van der Waals surface area contributed by atoms with Crippen LogP contribution in [0.15, 0.2) is 23.3 Å². The van der Waals surface area contributed by atoms with E-state index in [1.807, 2.05) is 0 Å². The van der Waals surface area contributed by atoms with Crippen LogP contribution in [0.25, 0.3) is 10.9 Å². The monoisotopic (exact) mass is 337 g/mol. The van der Waals surface area contributed by atoms with Crippen LogP contribution in [0.4, 0.5) is 4.39 Å². The first kappa shape index (κ1) is 16.1. The van der Waals surface area contributed by atoms with E-state index in [-0.39, 0.29) is 28.8 Å². The van der Waals surface area contributed by atoms with Crippen molar-refractivity contribution in [2.45, 2.75) is 38.3 Å². The summed E-state index contributed by atoms with van der Waals surface area (Å²) in [5, 5.41) is 3.35. The lowest BCUT2D eigenvalue weighted by Gasteiger charge is -2.22. The van der Waals surface area contributed by atoms with Gasteiger partial charge >= 0.3 is 0 Å². The predicted molar refractivity (Wildman–Crippen MR) is 86.2 cm³/mol. The van der Waals surface area contributed by atoms with Crippen molar-refractivity contribution < 1.29 is 9.18 Å². The minimum Gasteiger partial charge on any atom is -0.314 e.